The van der Waals surface area contributed by atoms with Crippen molar-refractivity contribution in [3.63, 3.8) is 0 Å². The van der Waals surface area contributed by atoms with Gasteiger partial charge in [-0.3, -0.25) is 9.69 Å². The predicted molar refractivity (Wildman–Crippen MR) is 160 cm³/mol. The minimum atomic E-state index is -0.238. The molecule has 1 aliphatic heterocycles. The number of para-hydroxylation sites is 1. The first-order valence-electron chi connectivity index (χ1n) is 12.9. The number of amidine groups is 1. The van der Waals surface area contributed by atoms with Gasteiger partial charge in [-0.2, -0.15) is 0 Å². The number of halogens is 1. The zero-order chi connectivity index (χ0) is 27.5. The number of aliphatic imine (C=N–C) groups is 1. The minimum absolute atomic E-state index is 0.0840. The lowest BCUT2D eigenvalue weighted by molar-refractivity contribution is -0.122. The molecular formula is C33H26FN3O2S. The van der Waals surface area contributed by atoms with Crippen LogP contribution in [-0.2, 0) is 17.9 Å². The van der Waals surface area contributed by atoms with E-state index in [1.807, 2.05) is 91.1 Å². The molecule has 1 aliphatic rings. The van der Waals surface area contributed by atoms with Gasteiger partial charge in [0.15, 0.2) is 5.17 Å². The molecule has 1 amide bonds. The van der Waals surface area contributed by atoms with Crippen molar-refractivity contribution in [3.8, 4) is 5.75 Å². The lowest BCUT2D eigenvalue weighted by atomic mass is 10.1. The van der Waals surface area contributed by atoms with Crippen molar-refractivity contribution in [2.75, 3.05) is 7.11 Å². The Labute approximate surface area is 236 Å². The van der Waals surface area contributed by atoms with E-state index in [0.29, 0.717) is 23.2 Å². The molecule has 6 rings (SSSR count). The summed E-state index contributed by atoms with van der Waals surface area (Å²) >= 11 is 1.38. The molecule has 1 aromatic heterocycles. The Morgan fingerprint density at radius 2 is 1.70 bits per heavy atom. The third kappa shape index (κ3) is 5.55. The quantitative estimate of drug-likeness (QED) is 0.197. The van der Waals surface area contributed by atoms with Crippen LogP contribution in [0.3, 0.4) is 0 Å². The topological polar surface area (TPSA) is 46.8 Å². The largest absolute Gasteiger partial charge is 0.497 e. The van der Waals surface area contributed by atoms with Crippen molar-refractivity contribution in [2.24, 2.45) is 4.99 Å². The summed E-state index contributed by atoms with van der Waals surface area (Å²) in [5, 5.41) is 1.69. The molecule has 4 aromatic carbocycles. The van der Waals surface area contributed by atoms with Gasteiger partial charge >= 0.3 is 0 Å². The molecule has 0 atom stereocenters. The Bertz CT molecular complexity index is 1740. The fraction of sp³-hybridized carbons (Fsp3) is 0.0909. The summed E-state index contributed by atoms with van der Waals surface area (Å²) in [6.45, 7) is 0.983. The Morgan fingerprint density at radius 1 is 0.875 bits per heavy atom. The fourth-order valence-corrected chi connectivity index (χ4v) is 5.68. The van der Waals surface area contributed by atoms with Gasteiger partial charge < -0.3 is 9.30 Å². The summed E-state index contributed by atoms with van der Waals surface area (Å²) in [6.07, 6.45) is 3.92. The summed E-state index contributed by atoms with van der Waals surface area (Å²) in [5.74, 6) is 0.446. The molecule has 5 aromatic rings. The van der Waals surface area contributed by atoms with Gasteiger partial charge in [0.05, 0.1) is 24.2 Å². The van der Waals surface area contributed by atoms with Crippen LogP contribution in [0, 0.1) is 5.82 Å². The number of amides is 1. The molecule has 7 heteroatoms. The number of hydrogen-bond donors (Lipinski definition) is 0. The predicted octanol–water partition coefficient (Wildman–Crippen LogP) is 7.64. The number of nitrogens with zero attached hydrogens (tertiary/aromatic N) is 3. The number of benzene rings is 4. The van der Waals surface area contributed by atoms with Crippen molar-refractivity contribution < 1.29 is 13.9 Å². The molecular weight excluding hydrogens is 521 g/mol. The van der Waals surface area contributed by atoms with E-state index in [4.69, 9.17) is 9.73 Å². The Kier molecular flexibility index (Phi) is 7.21. The van der Waals surface area contributed by atoms with Gasteiger partial charge in [0.1, 0.15) is 11.6 Å². The molecule has 1 fully saturated rings. The number of rotatable bonds is 7. The van der Waals surface area contributed by atoms with E-state index in [9.17, 15) is 9.18 Å². The molecule has 5 nitrogen and oxygen atoms in total. The molecule has 40 heavy (non-hydrogen) atoms. The monoisotopic (exact) mass is 547 g/mol. The molecule has 0 spiro atoms. The van der Waals surface area contributed by atoms with E-state index in [-0.39, 0.29) is 11.7 Å². The van der Waals surface area contributed by atoms with Gasteiger partial charge in [0.25, 0.3) is 5.91 Å². The Hall–Kier alpha value is -4.62. The summed E-state index contributed by atoms with van der Waals surface area (Å²) < 4.78 is 21.0. The molecule has 0 N–H and O–H groups in total. The van der Waals surface area contributed by atoms with Gasteiger partial charge in [-0.05, 0) is 89.1 Å². The molecule has 0 radical (unpaired) electrons. The number of aromatic nitrogens is 1. The molecule has 0 aliphatic carbocycles. The lowest BCUT2D eigenvalue weighted by Gasteiger charge is -2.16. The number of fused-ring (bicyclic) bond motifs is 1. The normalized spacial score (nSPS) is 15.4. The first-order valence-corrected chi connectivity index (χ1v) is 13.7. The highest BCUT2D eigenvalue weighted by molar-refractivity contribution is 8.18. The number of carbonyl (C=O) groups is 1. The lowest BCUT2D eigenvalue weighted by Crippen LogP contribution is -2.28. The van der Waals surface area contributed by atoms with Crippen LogP contribution in [0.25, 0.3) is 17.0 Å². The van der Waals surface area contributed by atoms with Crippen LogP contribution in [0.4, 0.5) is 10.1 Å². The molecule has 0 saturated carbocycles. The minimum Gasteiger partial charge on any atom is -0.497 e. The van der Waals surface area contributed by atoms with E-state index >= 15 is 0 Å². The maximum atomic E-state index is 13.7. The second kappa shape index (κ2) is 11.2. The van der Waals surface area contributed by atoms with Gasteiger partial charge in [0.2, 0.25) is 0 Å². The van der Waals surface area contributed by atoms with E-state index in [1.54, 1.807) is 24.1 Å². The third-order valence-electron chi connectivity index (χ3n) is 6.70. The smallest absolute Gasteiger partial charge is 0.267 e. The van der Waals surface area contributed by atoms with Crippen molar-refractivity contribution in [1.82, 2.24) is 9.47 Å². The van der Waals surface area contributed by atoms with Gasteiger partial charge in [-0.15, -0.1) is 0 Å². The summed E-state index contributed by atoms with van der Waals surface area (Å²) in [6, 6.07) is 32.2. The van der Waals surface area contributed by atoms with Crippen LogP contribution in [-0.4, -0.2) is 27.7 Å². The average molecular weight is 548 g/mol. The van der Waals surface area contributed by atoms with Gasteiger partial charge in [-0.25, -0.2) is 9.38 Å². The van der Waals surface area contributed by atoms with Crippen molar-refractivity contribution in [3.05, 3.63) is 137 Å². The van der Waals surface area contributed by atoms with Crippen LogP contribution >= 0.6 is 11.8 Å². The highest BCUT2D eigenvalue weighted by atomic mass is 32.2. The molecule has 0 bridgehead atoms. The zero-order valence-corrected chi connectivity index (χ0v) is 22.6. The summed E-state index contributed by atoms with van der Waals surface area (Å²) in [4.78, 5) is 20.8. The molecule has 2 heterocycles. The van der Waals surface area contributed by atoms with E-state index < -0.39 is 0 Å². The van der Waals surface area contributed by atoms with E-state index in [0.717, 1.165) is 39.0 Å². The number of thioether (sulfide) groups is 1. The van der Waals surface area contributed by atoms with Crippen LogP contribution in [0.5, 0.6) is 5.75 Å². The van der Waals surface area contributed by atoms with Gasteiger partial charge in [0, 0.05) is 23.6 Å². The van der Waals surface area contributed by atoms with Crippen molar-refractivity contribution >= 4 is 45.5 Å². The fourth-order valence-electron chi connectivity index (χ4n) is 4.69. The Morgan fingerprint density at radius 3 is 2.48 bits per heavy atom. The summed E-state index contributed by atoms with van der Waals surface area (Å²) in [7, 11) is 1.63. The Balaban J connectivity index is 1.29. The standard InChI is InChI=1S/C33H26FN3O2S/c1-39-29-13-10-23(11-14-29)22-37-32(38)31(40-33(37)35-28-8-3-2-4-9-28)20-24-12-15-30-26(18-24)16-17-36(30)21-25-6-5-7-27(34)19-25/h2-20H,21-22H2,1H3/b31-20+,35-33?. The SMILES string of the molecule is COc1ccc(CN2C(=O)/C(=C\c3ccc4c(ccn4Cc4cccc(F)c4)c3)SC2=Nc2ccccc2)cc1. The van der Waals surface area contributed by atoms with Gasteiger partial charge in [-0.1, -0.05) is 48.5 Å². The van der Waals surface area contributed by atoms with Crippen LogP contribution < -0.4 is 4.74 Å². The summed E-state index contributed by atoms with van der Waals surface area (Å²) in [5.41, 5.74) is 4.65. The van der Waals surface area contributed by atoms with Crippen LogP contribution in [0.15, 0.2) is 119 Å². The van der Waals surface area contributed by atoms with Crippen LogP contribution in [0.2, 0.25) is 0 Å². The average Bonchev–Trinajstić information content (AvgIpc) is 3.49. The highest BCUT2D eigenvalue weighted by Crippen LogP contribution is 2.36. The first kappa shape index (κ1) is 25.6. The number of carbonyl (C=O) groups excluding carboxylic acids is 1. The molecule has 0 unspecified atom stereocenters. The molecule has 1 saturated heterocycles. The highest BCUT2D eigenvalue weighted by Gasteiger charge is 2.33. The maximum Gasteiger partial charge on any atom is 0.267 e. The van der Waals surface area contributed by atoms with E-state index in [2.05, 4.69) is 10.6 Å². The first-order chi connectivity index (χ1) is 19.6. The zero-order valence-electron chi connectivity index (χ0n) is 21.8. The van der Waals surface area contributed by atoms with Crippen molar-refractivity contribution in [2.45, 2.75) is 13.1 Å². The third-order valence-corrected chi connectivity index (χ3v) is 7.71. The van der Waals surface area contributed by atoms with Crippen molar-refractivity contribution in [1.29, 1.82) is 0 Å². The van der Waals surface area contributed by atoms with Crippen LogP contribution in [0.1, 0.15) is 16.7 Å². The second-order valence-electron chi connectivity index (χ2n) is 9.47. The number of ether oxygens (including phenoxy) is 1. The molecule has 198 valence electrons. The number of methoxy groups -OCH3 is 1. The number of hydrogen-bond acceptors (Lipinski definition) is 4. The van der Waals surface area contributed by atoms with E-state index in [1.165, 1.54) is 17.8 Å². The maximum absolute atomic E-state index is 13.7. The second-order valence-corrected chi connectivity index (χ2v) is 10.5.